The zero-order valence-electron chi connectivity index (χ0n) is 13.5. The SMILES string of the molecule is CC1(C)Oc2ccc([N+](=O)[O-])cc2[C@@H](N2C(=O)CC[C@H]2CO)[C@@H]1O. The Morgan fingerprint density at radius 1 is 1.46 bits per heavy atom. The van der Waals surface area contributed by atoms with Gasteiger partial charge in [0.2, 0.25) is 5.91 Å². The Kier molecular flexibility index (Phi) is 3.97. The second-order valence-corrected chi connectivity index (χ2v) is 6.75. The Bertz CT molecular complexity index is 689. The molecule has 1 saturated heterocycles. The Labute approximate surface area is 138 Å². The summed E-state index contributed by atoms with van der Waals surface area (Å²) in [4.78, 5) is 24.4. The lowest BCUT2D eigenvalue weighted by molar-refractivity contribution is -0.385. The third kappa shape index (κ3) is 2.51. The van der Waals surface area contributed by atoms with E-state index >= 15 is 0 Å². The molecule has 3 rings (SSSR count). The molecule has 130 valence electrons. The molecule has 0 spiro atoms. The van der Waals surface area contributed by atoms with Crippen LogP contribution in [-0.2, 0) is 4.79 Å². The van der Waals surface area contributed by atoms with Crippen molar-refractivity contribution >= 4 is 11.6 Å². The maximum Gasteiger partial charge on any atom is 0.270 e. The number of nitro benzene ring substituents is 1. The van der Waals surface area contributed by atoms with Gasteiger partial charge in [-0.05, 0) is 26.3 Å². The summed E-state index contributed by atoms with van der Waals surface area (Å²) >= 11 is 0. The van der Waals surface area contributed by atoms with Crippen LogP contribution in [-0.4, -0.2) is 50.3 Å². The Balaban J connectivity index is 2.14. The topological polar surface area (TPSA) is 113 Å². The Morgan fingerprint density at radius 3 is 2.79 bits per heavy atom. The van der Waals surface area contributed by atoms with Crippen LogP contribution in [0.1, 0.15) is 38.3 Å². The number of hydrogen-bond acceptors (Lipinski definition) is 6. The number of carbonyl (C=O) groups excluding carboxylic acids is 1. The number of likely N-dealkylation sites (tertiary alicyclic amines) is 1. The van der Waals surface area contributed by atoms with Gasteiger partial charge in [-0.15, -0.1) is 0 Å². The number of benzene rings is 1. The van der Waals surface area contributed by atoms with Gasteiger partial charge in [-0.2, -0.15) is 0 Å². The smallest absolute Gasteiger partial charge is 0.270 e. The summed E-state index contributed by atoms with van der Waals surface area (Å²) in [6.07, 6.45) is -0.313. The molecule has 0 saturated carbocycles. The minimum atomic E-state index is -1.08. The van der Waals surface area contributed by atoms with Gasteiger partial charge < -0.3 is 19.8 Å². The quantitative estimate of drug-likeness (QED) is 0.632. The molecule has 24 heavy (non-hydrogen) atoms. The van der Waals surface area contributed by atoms with Crippen LogP contribution in [0, 0.1) is 10.1 Å². The molecule has 3 atom stereocenters. The lowest BCUT2D eigenvalue weighted by atomic mass is 9.85. The highest BCUT2D eigenvalue weighted by Crippen LogP contribution is 2.46. The van der Waals surface area contributed by atoms with Gasteiger partial charge in [-0.3, -0.25) is 14.9 Å². The van der Waals surface area contributed by atoms with Crippen molar-refractivity contribution in [2.75, 3.05) is 6.61 Å². The largest absolute Gasteiger partial charge is 0.485 e. The molecule has 2 heterocycles. The maximum atomic E-state index is 12.4. The summed E-state index contributed by atoms with van der Waals surface area (Å²) in [6, 6.07) is 2.94. The number of amides is 1. The second kappa shape index (κ2) is 5.71. The number of nitro groups is 1. The molecular weight excluding hydrogens is 316 g/mol. The first-order valence-electron chi connectivity index (χ1n) is 7.83. The molecule has 2 aliphatic rings. The summed E-state index contributed by atoms with van der Waals surface area (Å²) in [6.45, 7) is 3.17. The highest BCUT2D eigenvalue weighted by atomic mass is 16.6. The minimum absolute atomic E-state index is 0.138. The first-order chi connectivity index (χ1) is 11.3. The van der Waals surface area contributed by atoms with Crippen molar-refractivity contribution in [1.82, 2.24) is 4.90 Å². The average molecular weight is 336 g/mol. The minimum Gasteiger partial charge on any atom is -0.485 e. The van der Waals surface area contributed by atoms with Crippen LogP contribution in [0.4, 0.5) is 5.69 Å². The Hall–Kier alpha value is -2.19. The van der Waals surface area contributed by atoms with E-state index in [0.29, 0.717) is 17.7 Å². The van der Waals surface area contributed by atoms with Crippen molar-refractivity contribution in [1.29, 1.82) is 0 Å². The van der Waals surface area contributed by atoms with Crippen LogP contribution in [0.15, 0.2) is 18.2 Å². The molecular formula is C16H20N2O6. The lowest BCUT2D eigenvalue weighted by Crippen LogP contribution is -2.55. The summed E-state index contributed by atoms with van der Waals surface area (Å²) in [7, 11) is 0. The van der Waals surface area contributed by atoms with E-state index in [1.165, 1.54) is 23.1 Å². The van der Waals surface area contributed by atoms with E-state index in [1.807, 2.05) is 0 Å². The predicted octanol–water partition coefficient (Wildman–Crippen LogP) is 1.15. The highest BCUT2D eigenvalue weighted by molar-refractivity contribution is 5.79. The summed E-state index contributed by atoms with van der Waals surface area (Å²) in [5, 5.41) is 31.5. The third-order valence-electron chi connectivity index (χ3n) is 4.79. The van der Waals surface area contributed by atoms with Gasteiger partial charge in [-0.25, -0.2) is 0 Å². The maximum absolute atomic E-state index is 12.4. The number of non-ortho nitro benzene ring substituents is 1. The number of aliphatic hydroxyl groups is 2. The standard InChI is InChI=1S/C16H20N2O6/c1-16(2)15(21)14(17-10(8-19)4-6-13(17)20)11-7-9(18(22)23)3-5-12(11)24-16/h3,5,7,10,14-15,19,21H,4,6,8H2,1-2H3/t10-,14+,15-/m0/s1. The van der Waals surface area contributed by atoms with Gasteiger partial charge in [0, 0.05) is 24.1 Å². The molecule has 1 fully saturated rings. The number of nitrogens with zero attached hydrogens (tertiary/aromatic N) is 2. The molecule has 1 amide bonds. The van der Waals surface area contributed by atoms with Crippen molar-refractivity contribution in [3.63, 3.8) is 0 Å². The van der Waals surface area contributed by atoms with Crippen molar-refractivity contribution in [2.45, 2.75) is 50.5 Å². The number of hydrogen-bond donors (Lipinski definition) is 2. The number of rotatable bonds is 3. The number of carbonyl (C=O) groups is 1. The molecule has 8 nitrogen and oxygen atoms in total. The number of fused-ring (bicyclic) bond motifs is 1. The van der Waals surface area contributed by atoms with Gasteiger partial charge >= 0.3 is 0 Å². The van der Waals surface area contributed by atoms with Crippen LogP contribution >= 0.6 is 0 Å². The van der Waals surface area contributed by atoms with E-state index in [9.17, 15) is 25.1 Å². The second-order valence-electron chi connectivity index (χ2n) is 6.75. The van der Waals surface area contributed by atoms with Gasteiger partial charge in [0.15, 0.2) is 0 Å². The van der Waals surface area contributed by atoms with E-state index in [0.717, 1.165) is 0 Å². The highest BCUT2D eigenvalue weighted by Gasteiger charge is 2.50. The van der Waals surface area contributed by atoms with Crippen LogP contribution < -0.4 is 4.74 Å². The molecule has 0 aromatic heterocycles. The van der Waals surface area contributed by atoms with Gasteiger partial charge in [0.05, 0.1) is 23.6 Å². The van der Waals surface area contributed by atoms with E-state index in [2.05, 4.69) is 0 Å². The zero-order valence-corrected chi connectivity index (χ0v) is 13.5. The van der Waals surface area contributed by atoms with Crippen LogP contribution in [0.2, 0.25) is 0 Å². The van der Waals surface area contributed by atoms with Gasteiger partial charge in [-0.1, -0.05) is 0 Å². The summed E-state index contributed by atoms with van der Waals surface area (Å²) in [5.74, 6) is 0.213. The van der Waals surface area contributed by atoms with Crippen molar-refractivity contribution in [2.24, 2.45) is 0 Å². The molecule has 1 aromatic rings. The fourth-order valence-electron chi connectivity index (χ4n) is 3.49. The molecule has 0 radical (unpaired) electrons. The fraction of sp³-hybridized carbons (Fsp3) is 0.562. The first kappa shape index (κ1) is 16.7. The molecule has 2 aliphatic heterocycles. The van der Waals surface area contributed by atoms with Crippen LogP contribution in [0.3, 0.4) is 0 Å². The van der Waals surface area contributed by atoms with E-state index in [4.69, 9.17) is 4.74 Å². The molecule has 0 aliphatic carbocycles. The average Bonchev–Trinajstić information content (AvgIpc) is 2.88. The number of aliphatic hydroxyl groups excluding tert-OH is 2. The molecule has 2 N–H and O–H groups in total. The zero-order chi connectivity index (χ0) is 17.6. The van der Waals surface area contributed by atoms with E-state index < -0.39 is 28.7 Å². The van der Waals surface area contributed by atoms with E-state index in [1.54, 1.807) is 13.8 Å². The van der Waals surface area contributed by atoms with Crippen molar-refractivity contribution in [3.05, 3.63) is 33.9 Å². The van der Waals surface area contributed by atoms with Crippen molar-refractivity contribution in [3.8, 4) is 5.75 Å². The third-order valence-corrected chi connectivity index (χ3v) is 4.79. The monoisotopic (exact) mass is 336 g/mol. The molecule has 8 heteroatoms. The van der Waals surface area contributed by atoms with E-state index in [-0.39, 0.29) is 24.6 Å². The van der Waals surface area contributed by atoms with Crippen LogP contribution in [0.5, 0.6) is 5.75 Å². The fourth-order valence-corrected chi connectivity index (χ4v) is 3.49. The number of ether oxygens (including phenoxy) is 1. The van der Waals surface area contributed by atoms with Crippen molar-refractivity contribution < 1.29 is 24.7 Å². The summed E-state index contributed by atoms with van der Waals surface area (Å²) < 4.78 is 5.79. The molecule has 1 aromatic carbocycles. The predicted molar refractivity (Wildman–Crippen MR) is 83.5 cm³/mol. The van der Waals surface area contributed by atoms with Gasteiger partial charge in [0.1, 0.15) is 17.5 Å². The Morgan fingerprint density at radius 2 is 2.17 bits per heavy atom. The lowest BCUT2D eigenvalue weighted by Gasteiger charge is -2.46. The molecule has 0 bridgehead atoms. The van der Waals surface area contributed by atoms with Crippen LogP contribution in [0.25, 0.3) is 0 Å². The molecule has 0 unspecified atom stereocenters. The first-order valence-corrected chi connectivity index (χ1v) is 7.83. The van der Waals surface area contributed by atoms with Gasteiger partial charge in [0.25, 0.3) is 5.69 Å². The summed E-state index contributed by atoms with van der Waals surface area (Å²) in [5.41, 5.74) is -0.720. The normalized spacial score (nSPS) is 28.4.